The van der Waals surface area contributed by atoms with Gasteiger partial charge < -0.3 is 10.6 Å². The van der Waals surface area contributed by atoms with Crippen LogP contribution in [-0.4, -0.2) is 43.7 Å². The van der Waals surface area contributed by atoms with Crippen molar-refractivity contribution in [3.63, 3.8) is 0 Å². The topological polar surface area (TPSA) is 89.7 Å². The van der Waals surface area contributed by atoms with Gasteiger partial charge in [0.2, 0.25) is 5.95 Å². The Kier molecular flexibility index (Phi) is 5.79. The van der Waals surface area contributed by atoms with E-state index in [4.69, 9.17) is 0 Å². The van der Waals surface area contributed by atoms with Crippen LogP contribution in [0.15, 0.2) is 47.5 Å². The normalized spacial score (nSPS) is 17.7. The summed E-state index contributed by atoms with van der Waals surface area (Å²) < 4.78 is 56.1. The molecule has 1 fully saturated rings. The van der Waals surface area contributed by atoms with Gasteiger partial charge in [-0.05, 0) is 75.0 Å². The van der Waals surface area contributed by atoms with Crippen LogP contribution >= 0.6 is 0 Å². The summed E-state index contributed by atoms with van der Waals surface area (Å²) in [4.78, 5) is 26.1. The van der Waals surface area contributed by atoms with E-state index >= 15 is 0 Å². The molecule has 1 aliphatic heterocycles. The lowest BCUT2D eigenvalue weighted by Gasteiger charge is -2.34. The molecule has 2 N–H and O–H groups in total. The molecule has 0 radical (unpaired) electrons. The number of hydrogen-bond acceptors (Lipinski definition) is 6. The molecular weight excluding hydrogens is 514 g/mol. The third-order valence-corrected chi connectivity index (χ3v) is 7.64. The first-order valence-corrected chi connectivity index (χ1v) is 12.7. The van der Waals surface area contributed by atoms with E-state index in [1.54, 1.807) is 0 Å². The molecule has 1 saturated carbocycles. The number of fused-ring (bicyclic) bond motifs is 2. The molecule has 204 valence electrons. The van der Waals surface area contributed by atoms with Crippen LogP contribution in [-0.2, 0) is 23.9 Å². The molecule has 4 aromatic rings. The second kappa shape index (κ2) is 8.87. The van der Waals surface area contributed by atoms with Crippen molar-refractivity contribution in [3.05, 3.63) is 69.9 Å². The molecule has 0 saturated heterocycles. The highest BCUT2D eigenvalue weighted by molar-refractivity contribution is 5.77. The third kappa shape index (κ3) is 4.56. The zero-order chi connectivity index (χ0) is 27.6. The Bertz CT molecular complexity index is 1640. The smallest absolute Gasteiger partial charge is 0.324 e. The van der Waals surface area contributed by atoms with Gasteiger partial charge in [0.15, 0.2) is 5.65 Å². The van der Waals surface area contributed by atoms with Crippen molar-refractivity contribution in [1.29, 1.82) is 0 Å². The van der Waals surface area contributed by atoms with Crippen LogP contribution in [0.1, 0.15) is 43.5 Å². The van der Waals surface area contributed by atoms with Crippen LogP contribution in [0.3, 0.4) is 0 Å². The molecule has 39 heavy (non-hydrogen) atoms. The lowest BCUT2D eigenvalue weighted by atomic mass is 9.85. The van der Waals surface area contributed by atoms with Gasteiger partial charge in [-0.3, -0.25) is 14.2 Å². The summed E-state index contributed by atoms with van der Waals surface area (Å²) >= 11 is 0. The standard InChI is InChI=1S/C27H27F4N7O/c1-25(2)20-4-3-17(11-16(20)5-10-34-25)35-24-33-13-19-22(36-24)38(37(23(19)39)15-27(29,30)31)18-6-9-32-21(12-18)26(14-28)7-8-26/h3-4,6,9,11-13,34H,5,7-8,10,14-15H2,1-2H3,(H,33,35,36). The molecular formula is C27H27F4N7O. The lowest BCUT2D eigenvalue weighted by molar-refractivity contribution is -0.144. The van der Waals surface area contributed by atoms with E-state index in [9.17, 15) is 22.4 Å². The molecule has 0 amide bonds. The molecule has 12 heteroatoms. The first-order chi connectivity index (χ1) is 18.5. The average Bonchev–Trinajstić information content (AvgIpc) is 3.64. The number of anilines is 2. The van der Waals surface area contributed by atoms with Crippen molar-refractivity contribution < 1.29 is 17.6 Å². The summed E-state index contributed by atoms with van der Waals surface area (Å²) in [6, 6.07) is 8.94. The van der Waals surface area contributed by atoms with Crippen LogP contribution in [0.25, 0.3) is 16.7 Å². The molecule has 8 nitrogen and oxygen atoms in total. The van der Waals surface area contributed by atoms with E-state index in [0.29, 0.717) is 23.2 Å². The fraction of sp³-hybridized carbons (Fsp3) is 0.407. The Balaban J connectivity index is 1.45. The van der Waals surface area contributed by atoms with Crippen LogP contribution in [0.2, 0.25) is 0 Å². The van der Waals surface area contributed by atoms with Crippen molar-refractivity contribution in [3.8, 4) is 5.69 Å². The van der Waals surface area contributed by atoms with Gasteiger partial charge in [-0.25, -0.2) is 14.3 Å². The molecule has 4 heterocycles. The number of benzene rings is 1. The molecule has 0 bridgehead atoms. The lowest BCUT2D eigenvalue weighted by Crippen LogP contribution is -2.42. The van der Waals surface area contributed by atoms with Gasteiger partial charge in [0, 0.05) is 29.0 Å². The largest absolute Gasteiger partial charge is 0.408 e. The van der Waals surface area contributed by atoms with Gasteiger partial charge in [0.05, 0.1) is 11.4 Å². The minimum atomic E-state index is -4.66. The number of hydrogen-bond donors (Lipinski definition) is 2. The monoisotopic (exact) mass is 541 g/mol. The van der Waals surface area contributed by atoms with Crippen LogP contribution < -0.4 is 16.2 Å². The van der Waals surface area contributed by atoms with E-state index < -0.39 is 30.4 Å². The van der Waals surface area contributed by atoms with Gasteiger partial charge in [-0.1, -0.05) is 6.07 Å². The van der Waals surface area contributed by atoms with Crippen LogP contribution in [0.4, 0.5) is 29.2 Å². The summed E-state index contributed by atoms with van der Waals surface area (Å²) in [5, 5.41) is 6.56. The Hall–Kier alpha value is -3.80. The Morgan fingerprint density at radius 2 is 1.92 bits per heavy atom. The highest BCUT2D eigenvalue weighted by Crippen LogP contribution is 2.48. The van der Waals surface area contributed by atoms with Gasteiger partial charge in [-0.15, -0.1) is 0 Å². The summed E-state index contributed by atoms with van der Waals surface area (Å²) in [5.74, 6) is 0.130. The minimum absolute atomic E-state index is 0.00675. The highest BCUT2D eigenvalue weighted by atomic mass is 19.4. The maximum Gasteiger partial charge on any atom is 0.408 e. The SMILES string of the molecule is CC1(C)NCCc2cc(Nc3ncc4c(=O)n(CC(F)(F)F)n(-c5ccnc(C6(CF)CC6)c5)c4n3)ccc21. The van der Waals surface area contributed by atoms with Crippen molar-refractivity contribution in [1.82, 2.24) is 29.6 Å². The van der Waals surface area contributed by atoms with Crippen molar-refractivity contribution >= 4 is 22.7 Å². The molecule has 1 aliphatic carbocycles. The summed E-state index contributed by atoms with van der Waals surface area (Å²) in [6.45, 7) is 2.93. The zero-order valence-corrected chi connectivity index (χ0v) is 21.4. The predicted molar refractivity (Wildman–Crippen MR) is 138 cm³/mol. The first-order valence-electron chi connectivity index (χ1n) is 12.7. The number of rotatable bonds is 6. The van der Waals surface area contributed by atoms with Crippen molar-refractivity contribution in [2.45, 2.75) is 56.8 Å². The van der Waals surface area contributed by atoms with E-state index in [2.05, 4.69) is 39.4 Å². The van der Waals surface area contributed by atoms with Gasteiger partial charge in [-0.2, -0.15) is 18.2 Å². The van der Waals surface area contributed by atoms with Gasteiger partial charge >= 0.3 is 6.18 Å². The number of nitrogens with one attached hydrogen (secondary N) is 2. The Morgan fingerprint density at radius 1 is 1.13 bits per heavy atom. The van der Waals surface area contributed by atoms with Crippen LogP contribution in [0, 0.1) is 0 Å². The second-order valence-corrected chi connectivity index (χ2v) is 10.8. The predicted octanol–water partition coefficient (Wildman–Crippen LogP) is 4.67. The molecule has 3 aromatic heterocycles. The number of pyridine rings is 1. The molecule has 0 spiro atoms. The second-order valence-electron chi connectivity index (χ2n) is 10.8. The minimum Gasteiger partial charge on any atom is -0.324 e. The zero-order valence-electron chi connectivity index (χ0n) is 21.4. The third-order valence-electron chi connectivity index (χ3n) is 7.64. The van der Waals surface area contributed by atoms with Crippen molar-refractivity contribution in [2.75, 3.05) is 18.5 Å². The van der Waals surface area contributed by atoms with E-state index in [1.807, 2.05) is 18.2 Å². The van der Waals surface area contributed by atoms with Gasteiger partial charge in [0.25, 0.3) is 5.56 Å². The van der Waals surface area contributed by atoms with Crippen molar-refractivity contribution in [2.24, 2.45) is 0 Å². The average molecular weight is 542 g/mol. The number of aromatic nitrogens is 5. The fourth-order valence-corrected chi connectivity index (χ4v) is 5.34. The maximum atomic E-state index is 13.7. The maximum absolute atomic E-state index is 13.7. The Morgan fingerprint density at radius 3 is 2.64 bits per heavy atom. The molecule has 1 aromatic carbocycles. The quantitative estimate of drug-likeness (QED) is 0.345. The number of nitrogens with zero attached hydrogens (tertiary/aromatic N) is 5. The number of halogens is 4. The highest BCUT2D eigenvalue weighted by Gasteiger charge is 2.46. The van der Waals surface area contributed by atoms with Crippen LogP contribution in [0.5, 0.6) is 0 Å². The fourth-order valence-electron chi connectivity index (χ4n) is 5.34. The van der Waals surface area contributed by atoms with E-state index in [-0.39, 0.29) is 28.2 Å². The van der Waals surface area contributed by atoms with E-state index in [1.165, 1.54) is 35.7 Å². The van der Waals surface area contributed by atoms with E-state index in [0.717, 1.165) is 23.3 Å². The molecule has 0 atom stereocenters. The molecule has 0 unspecified atom stereocenters. The summed E-state index contributed by atoms with van der Waals surface area (Å²) in [6.07, 6.45) is 0.0335. The first kappa shape index (κ1) is 25.5. The Labute approximate surface area is 221 Å². The molecule has 6 rings (SSSR count). The molecule has 2 aliphatic rings. The summed E-state index contributed by atoms with van der Waals surface area (Å²) in [5.41, 5.74) is 2.00. The van der Waals surface area contributed by atoms with Gasteiger partial charge in [0.1, 0.15) is 18.6 Å². The number of alkyl halides is 4. The summed E-state index contributed by atoms with van der Waals surface area (Å²) in [7, 11) is 0.